The predicted molar refractivity (Wildman–Crippen MR) is 77.6 cm³/mol. The lowest BCUT2D eigenvalue weighted by Crippen LogP contribution is -2.15. The molecule has 0 radical (unpaired) electrons. The first-order chi connectivity index (χ1) is 7.96. The number of nitrogens with one attached hydrogen (secondary N) is 1. The number of rotatable bonds is 3. The Kier molecular flexibility index (Phi) is 4.28. The molecule has 0 amide bonds. The van der Waals surface area contributed by atoms with Crippen molar-refractivity contribution in [3.8, 4) is 0 Å². The highest BCUT2D eigenvalue weighted by atomic mass is 127. The molecule has 94 valence electrons. The van der Waals surface area contributed by atoms with Crippen LogP contribution < -0.4 is 5.32 Å². The normalized spacial score (nSPS) is 22.7. The molecule has 1 aliphatic carbocycles. The fourth-order valence-electron chi connectivity index (χ4n) is 2.08. The first kappa shape index (κ1) is 13.5. The van der Waals surface area contributed by atoms with Gasteiger partial charge in [0.1, 0.15) is 0 Å². The van der Waals surface area contributed by atoms with E-state index in [9.17, 15) is 8.78 Å². The van der Waals surface area contributed by atoms with Crippen molar-refractivity contribution in [1.82, 2.24) is 0 Å². The van der Waals surface area contributed by atoms with Crippen molar-refractivity contribution in [1.29, 1.82) is 0 Å². The number of anilines is 1. The Morgan fingerprint density at radius 3 is 2.82 bits per heavy atom. The Morgan fingerprint density at radius 2 is 2.24 bits per heavy atom. The van der Waals surface area contributed by atoms with Crippen molar-refractivity contribution in [2.75, 3.05) is 11.9 Å². The first-order valence-corrected chi connectivity index (χ1v) is 7.40. The third kappa shape index (κ3) is 3.77. The average molecular weight is 416 g/mol. The van der Waals surface area contributed by atoms with E-state index in [-0.39, 0.29) is 18.8 Å². The summed E-state index contributed by atoms with van der Waals surface area (Å²) in [5, 5.41) is 3.23. The Hall–Kier alpha value is 0.0900. The van der Waals surface area contributed by atoms with E-state index in [4.69, 9.17) is 0 Å². The molecule has 1 N–H and O–H groups in total. The van der Waals surface area contributed by atoms with Crippen molar-refractivity contribution >= 4 is 44.2 Å². The summed E-state index contributed by atoms with van der Waals surface area (Å²) >= 11 is 5.66. The molecule has 0 aliphatic heterocycles. The topological polar surface area (TPSA) is 12.0 Å². The number of hydrogen-bond acceptors (Lipinski definition) is 1. The highest BCUT2D eigenvalue weighted by molar-refractivity contribution is 14.1. The van der Waals surface area contributed by atoms with Gasteiger partial charge in [0, 0.05) is 33.1 Å². The molecular formula is C12H13BrF2IN. The van der Waals surface area contributed by atoms with Gasteiger partial charge in [0.15, 0.2) is 0 Å². The van der Waals surface area contributed by atoms with Gasteiger partial charge in [-0.05, 0) is 69.1 Å². The zero-order valence-electron chi connectivity index (χ0n) is 9.15. The van der Waals surface area contributed by atoms with Crippen molar-refractivity contribution in [2.24, 2.45) is 5.92 Å². The smallest absolute Gasteiger partial charge is 0.248 e. The quantitative estimate of drug-likeness (QED) is 0.692. The van der Waals surface area contributed by atoms with E-state index in [0.717, 1.165) is 13.7 Å². The second-order valence-electron chi connectivity index (χ2n) is 4.47. The van der Waals surface area contributed by atoms with E-state index in [0.29, 0.717) is 13.0 Å². The molecule has 0 spiro atoms. The summed E-state index contributed by atoms with van der Waals surface area (Å²) in [6.07, 6.45) is 0.679. The maximum atomic E-state index is 13.0. The van der Waals surface area contributed by atoms with Gasteiger partial charge in [-0.3, -0.25) is 0 Å². The molecule has 1 aromatic rings. The summed E-state index contributed by atoms with van der Waals surface area (Å²) in [5.41, 5.74) is 0.993. The van der Waals surface area contributed by atoms with Gasteiger partial charge in [0.2, 0.25) is 5.92 Å². The Labute approximate surface area is 122 Å². The Balaban J connectivity index is 1.88. The molecule has 1 unspecified atom stereocenters. The van der Waals surface area contributed by atoms with Gasteiger partial charge in [-0.15, -0.1) is 0 Å². The Bertz CT molecular complexity index is 411. The van der Waals surface area contributed by atoms with E-state index in [1.54, 1.807) is 0 Å². The minimum atomic E-state index is -2.44. The molecular weight excluding hydrogens is 403 g/mol. The van der Waals surface area contributed by atoms with Crippen LogP contribution in [0.2, 0.25) is 0 Å². The molecule has 1 aromatic carbocycles. The third-order valence-electron chi connectivity index (χ3n) is 3.02. The van der Waals surface area contributed by atoms with Crippen molar-refractivity contribution < 1.29 is 8.78 Å². The minimum Gasteiger partial charge on any atom is -0.385 e. The molecule has 0 bridgehead atoms. The zero-order chi connectivity index (χ0) is 12.5. The summed E-state index contributed by atoms with van der Waals surface area (Å²) in [5.74, 6) is -2.35. The summed E-state index contributed by atoms with van der Waals surface area (Å²) in [6.45, 7) is 0.632. The fraction of sp³-hybridized carbons (Fsp3) is 0.500. The molecule has 1 nitrogen and oxygen atoms in total. The van der Waals surface area contributed by atoms with Gasteiger partial charge < -0.3 is 5.32 Å². The van der Waals surface area contributed by atoms with Gasteiger partial charge >= 0.3 is 0 Å². The zero-order valence-corrected chi connectivity index (χ0v) is 12.9. The van der Waals surface area contributed by atoms with Gasteiger partial charge in [-0.2, -0.15) is 0 Å². The van der Waals surface area contributed by atoms with Crippen LogP contribution in [0.3, 0.4) is 0 Å². The van der Waals surface area contributed by atoms with Crippen LogP contribution in [0.5, 0.6) is 0 Å². The number of halogens is 4. The Morgan fingerprint density at radius 1 is 1.47 bits per heavy atom. The second kappa shape index (κ2) is 5.38. The molecule has 17 heavy (non-hydrogen) atoms. The minimum absolute atomic E-state index is 0.0214. The van der Waals surface area contributed by atoms with Crippen LogP contribution in [-0.4, -0.2) is 12.5 Å². The van der Waals surface area contributed by atoms with Crippen LogP contribution >= 0.6 is 38.5 Å². The maximum absolute atomic E-state index is 13.0. The van der Waals surface area contributed by atoms with Gasteiger partial charge in [-0.25, -0.2) is 8.78 Å². The van der Waals surface area contributed by atoms with E-state index in [1.807, 2.05) is 18.2 Å². The van der Waals surface area contributed by atoms with Crippen LogP contribution in [0.1, 0.15) is 19.3 Å². The standard InChI is InChI=1S/C12H13BrF2IN/c13-10-2-1-9(5-11(10)16)17-7-8-3-4-12(14,15)6-8/h1-2,5,8,17H,3-4,6-7H2. The largest absolute Gasteiger partial charge is 0.385 e. The molecule has 1 fully saturated rings. The van der Waals surface area contributed by atoms with E-state index in [1.165, 1.54) is 0 Å². The van der Waals surface area contributed by atoms with Crippen LogP contribution in [0, 0.1) is 9.49 Å². The molecule has 0 saturated heterocycles. The average Bonchev–Trinajstić information content (AvgIpc) is 2.60. The number of alkyl halides is 2. The van der Waals surface area contributed by atoms with E-state index >= 15 is 0 Å². The van der Waals surface area contributed by atoms with Crippen molar-refractivity contribution in [3.05, 3.63) is 26.2 Å². The summed E-state index contributed by atoms with van der Waals surface area (Å²) < 4.78 is 28.2. The molecule has 5 heteroatoms. The van der Waals surface area contributed by atoms with Crippen LogP contribution in [-0.2, 0) is 0 Å². The van der Waals surface area contributed by atoms with Crippen molar-refractivity contribution in [3.63, 3.8) is 0 Å². The summed E-state index contributed by atoms with van der Waals surface area (Å²) in [4.78, 5) is 0. The van der Waals surface area contributed by atoms with Crippen LogP contribution in [0.25, 0.3) is 0 Å². The van der Waals surface area contributed by atoms with Crippen LogP contribution in [0.15, 0.2) is 22.7 Å². The lowest BCUT2D eigenvalue weighted by molar-refractivity contribution is 0.00556. The molecule has 1 aliphatic rings. The molecule has 2 rings (SSSR count). The molecule has 1 saturated carbocycles. The van der Waals surface area contributed by atoms with Gasteiger partial charge in [0.05, 0.1) is 0 Å². The highest BCUT2D eigenvalue weighted by Crippen LogP contribution is 2.38. The lowest BCUT2D eigenvalue weighted by Gasteiger charge is -2.13. The summed E-state index contributed by atoms with van der Waals surface area (Å²) in [6, 6.07) is 5.93. The van der Waals surface area contributed by atoms with Crippen LogP contribution in [0.4, 0.5) is 14.5 Å². The highest BCUT2D eigenvalue weighted by Gasteiger charge is 2.38. The van der Waals surface area contributed by atoms with Crippen molar-refractivity contribution in [2.45, 2.75) is 25.2 Å². The SMILES string of the molecule is FC1(F)CCC(CNc2ccc(Br)c(I)c2)C1. The maximum Gasteiger partial charge on any atom is 0.248 e. The number of benzene rings is 1. The molecule has 0 aromatic heterocycles. The first-order valence-electron chi connectivity index (χ1n) is 5.53. The monoisotopic (exact) mass is 415 g/mol. The summed E-state index contributed by atoms with van der Waals surface area (Å²) in [7, 11) is 0. The number of hydrogen-bond donors (Lipinski definition) is 1. The second-order valence-corrected chi connectivity index (χ2v) is 6.49. The van der Waals surface area contributed by atoms with Gasteiger partial charge in [0.25, 0.3) is 0 Å². The fourth-order valence-corrected chi connectivity index (χ4v) is 2.85. The molecule has 1 atom stereocenters. The predicted octanol–water partition coefficient (Wildman–Crippen LogP) is 4.90. The molecule has 0 heterocycles. The van der Waals surface area contributed by atoms with E-state index < -0.39 is 5.92 Å². The third-order valence-corrected chi connectivity index (χ3v) is 5.35. The van der Waals surface area contributed by atoms with Gasteiger partial charge in [-0.1, -0.05) is 0 Å². The van der Waals surface area contributed by atoms with E-state index in [2.05, 4.69) is 43.8 Å². The lowest BCUT2D eigenvalue weighted by atomic mass is 10.1.